The van der Waals surface area contributed by atoms with Gasteiger partial charge in [0.2, 0.25) is 0 Å². The Hall–Kier alpha value is -2.08. The highest BCUT2D eigenvalue weighted by molar-refractivity contribution is 8.18. The van der Waals surface area contributed by atoms with Crippen molar-refractivity contribution in [1.82, 2.24) is 4.90 Å². The molecule has 1 heterocycles. The van der Waals surface area contributed by atoms with Crippen molar-refractivity contribution in [2.75, 3.05) is 6.54 Å². The summed E-state index contributed by atoms with van der Waals surface area (Å²) in [7, 11) is 0. The van der Waals surface area contributed by atoms with Gasteiger partial charge in [0, 0.05) is 0 Å². The smallest absolute Gasteiger partial charge is 0.323 e. The highest BCUT2D eigenvalue weighted by Crippen LogP contribution is 2.35. The summed E-state index contributed by atoms with van der Waals surface area (Å²) < 4.78 is 0. The molecule has 0 bridgehead atoms. The Morgan fingerprint density at radius 3 is 2.47 bits per heavy atom. The predicted molar refractivity (Wildman–Crippen MR) is 71.4 cm³/mol. The lowest BCUT2D eigenvalue weighted by Crippen LogP contribution is -2.33. The largest absolute Gasteiger partial charge is 0.480 e. The number of imide groups is 1. The minimum Gasteiger partial charge on any atom is -0.480 e. The topological polar surface area (TPSA) is 74.7 Å². The zero-order chi connectivity index (χ0) is 14.0. The van der Waals surface area contributed by atoms with Gasteiger partial charge in [-0.15, -0.1) is 0 Å². The Balaban J connectivity index is 2.35. The lowest BCUT2D eigenvalue weighted by Gasteiger charge is -2.08. The molecule has 2 rings (SSSR count). The van der Waals surface area contributed by atoms with E-state index >= 15 is 0 Å². The van der Waals surface area contributed by atoms with Crippen molar-refractivity contribution in [3.05, 3.63) is 40.8 Å². The summed E-state index contributed by atoms with van der Waals surface area (Å²) in [6.07, 6.45) is 0. The maximum atomic E-state index is 12.0. The highest BCUT2D eigenvalue weighted by Gasteiger charge is 2.37. The van der Waals surface area contributed by atoms with E-state index in [1.807, 2.05) is 30.3 Å². The van der Waals surface area contributed by atoms with Crippen LogP contribution < -0.4 is 0 Å². The van der Waals surface area contributed by atoms with Crippen LogP contribution in [0, 0.1) is 0 Å². The molecule has 1 saturated heterocycles. The molecule has 1 N–H and O–H groups in total. The van der Waals surface area contributed by atoms with Crippen LogP contribution >= 0.6 is 11.8 Å². The van der Waals surface area contributed by atoms with E-state index in [1.54, 1.807) is 6.92 Å². The lowest BCUT2D eigenvalue weighted by atomic mass is 10.1. The Labute approximate surface area is 113 Å². The zero-order valence-corrected chi connectivity index (χ0v) is 10.9. The van der Waals surface area contributed by atoms with Gasteiger partial charge >= 0.3 is 5.97 Å². The molecule has 0 atom stereocenters. The number of hydrogen-bond donors (Lipinski definition) is 1. The molecule has 2 amide bonds. The summed E-state index contributed by atoms with van der Waals surface area (Å²) in [6, 6.07) is 9.19. The van der Waals surface area contributed by atoms with Crippen molar-refractivity contribution in [2.45, 2.75) is 6.92 Å². The van der Waals surface area contributed by atoms with Gasteiger partial charge in [-0.2, -0.15) is 0 Å². The number of carboxylic acid groups (broad SMARTS) is 1. The minimum absolute atomic E-state index is 0.289. The van der Waals surface area contributed by atoms with Crippen LogP contribution in [0.5, 0.6) is 0 Å². The molecule has 0 aromatic heterocycles. The van der Waals surface area contributed by atoms with Crippen molar-refractivity contribution in [3.63, 3.8) is 0 Å². The highest BCUT2D eigenvalue weighted by atomic mass is 32.2. The van der Waals surface area contributed by atoms with Crippen molar-refractivity contribution < 1.29 is 19.5 Å². The van der Waals surface area contributed by atoms with Crippen LogP contribution in [0.1, 0.15) is 12.5 Å². The van der Waals surface area contributed by atoms with Crippen molar-refractivity contribution in [3.8, 4) is 0 Å². The number of aliphatic carboxylic acids is 1. The molecule has 0 spiro atoms. The van der Waals surface area contributed by atoms with E-state index < -0.39 is 23.7 Å². The molecule has 0 aliphatic carbocycles. The molecule has 1 aromatic rings. The van der Waals surface area contributed by atoms with Crippen molar-refractivity contribution in [1.29, 1.82) is 0 Å². The maximum Gasteiger partial charge on any atom is 0.323 e. The number of allylic oxidation sites excluding steroid dienone is 1. The average Bonchev–Trinajstić information content (AvgIpc) is 2.66. The fourth-order valence-corrected chi connectivity index (χ4v) is 2.62. The van der Waals surface area contributed by atoms with E-state index in [9.17, 15) is 14.4 Å². The third-order valence-electron chi connectivity index (χ3n) is 2.69. The summed E-state index contributed by atoms with van der Waals surface area (Å²) >= 11 is 0.780. The van der Waals surface area contributed by atoms with Crippen LogP contribution in [-0.2, 0) is 9.59 Å². The van der Waals surface area contributed by atoms with Crippen LogP contribution in [0.15, 0.2) is 35.2 Å². The van der Waals surface area contributed by atoms with Crippen LogP contribution in [0.4, 0.5) is 4.79 Å². The fraction of sp³-hybridized carbons (Fsp3) is 0.154. The third kappa shape index (κ3) is 2.68. The summed E-state index contributed by atoms with van der Waals surface area (Å²) in [5.41, 5.74) is 1.51. The molecule has 0 saturated carbocycles. The third-order valence-corrected chi connectivity index (χ3v) is 3.77. The minimum atomic E-state index is -1.21. The van der Waals surface area contributed by atoms with Gasteiger partial charge in [-0.1, -0.05) is 30.3 Å². The summed E-state index contributed by atoms with van der Waals surface area (Å²) in [6.45, 7) is 1.14. The second kappa shape index (κ2) is 5.27. The van der Waals surface area contributed by atoms with Gasteiger partial charge in [0.1, 0.15) is 6.54 Å². The van der Waals surface area contributed by atoms with E-state index in [0.29, 0.717) is 5.57 Å². The quantitative estimate of drug-likeness (QED) is 0.857. The molecule has 0 radical (unpaired) electrons. The van der Waals surface area contributed by atoms with E-state index in [1.165, 1.54) is 0 Å². The summed E-state index contributed by atoms with van der Waals surface area (Å²) in [5.74, 6) is -1.75. The predicted octanol–water partition coefficient (Wildman–Crippen LogP) is 2.20. The molecule has 5 nitrogen and oxygen atoms in total. The summed E-state index contributed by atoms with van der Waals surface area (Å²) in [5, 5.41) is 8.14. The number of amides is 2. The molecule has 19 heavy (non-hydrogen) atoms. The number of rotatable bonds is 3. The molecule has 6 heteroatoms. The average molecular weight is 277 g/mol. The molecule has 1 fully saturated rings. The Morgan fingerprint density at radius 1 is 1.26 bits per heavy atom. The van der Waals surface area contributed by atoms with Gasteiger partial charge in [0.25, 0.3) is 11.1 Å². The van der Waals surface area contributed by atoms with Gasteiger partial charge in [-0.25, -0.2) is 0 Å². The number of benzene rings is 1. The van der Waals surface area contributed by atoms with Crippen LogP contribution in [-0.4, -0.2) is 33.7 Å². The van der Waals surface area contributed by atoms with Gasteiger partial charge in [-0.3, -0.25) is 19.3 Å². The number of carbonyl (C=O) groups excluding carboxylic acids is 2. The molecular formula is C13H11NO4S. The SMILES string of the molecule is C/C(=C1\SC(=O)N(CC(=O)O)C1=O)c1ccccc1. The van der Waals surface area contributed by atoms with E-state index in [0.717, 1.165) is 22.2 Å². The fourth-order valence-electron chi connectivity index (χ4n) is 1.72. The number of carboxylic acids is 1. The first kappa shape index (κ1) is 13.4. The molecular weight excluding hydrogens is 266 g/mol. The number of hydrogen-bond acceptors (Lipinski definition) is 4. The Kier molecular flexibility index (Phi) is 3.71. The zero-order valence-electron chi connectivity index (χ0n) is 10.1. The first-order chi connectivity index (χ1) is 9.00. The molecule has 98 valence electrons. The molecule has 1 aliphatic rings. The Morgan fingerprint density at radius 2 is 1.89 bits per heavy atom. The number of thioether (sulfide) groups is 1. The normalized spacial score (nSPS) is 17.8. The number of carbonyl (C=O) groups is 3. The van der Waals surface area contributed by atoms with E-state index in [4.69, 9.17) is 5.11 Å². The van der Waals surface area contributed by atoms with Gasteiger partial charge in [0.05, 0.1) is 4.91 Å². The molecule has 1 aliphatic heterocycles. The van der Waals surface area contributed by atoms with Gasteiger partial charge in [0.15, 0.2) is 0 Å². The molecule has 1 aromatic carbocycles. The van der Waals surface area contributed by atoms with Crippen molar-refractivity contribution >= 4 is 34.5 Å². The van der Waals surface area contributed by atoms with E-state index in [2.05, 4.69) is 0 Å². The second-order valence-electron chi connectivity index (χ2n) is 3.97. The van der Waals surface area contributed by atoms with Crippen LogP contribution in [0.2, 0.25) is 0 Å². The monoisotopic (exact) mass is 277 g/mol. The van der Waals surface area contributed by atoms with Crippen LogP contribution in [0.25, 0.3) is 5.57 Å². The van der Waals surface area contributed by atoms with Gasteiger partial charge in [-0.05, 0) is 29.8 Å². The maximum absolute atomic E-state index is 12.0. The lowest BCUT2D eigenvalue weighted by molar-refractivity contribution is -0.140. The Bertz CT molecular complexity index is 580. The summed E-state index contributed by atoms with van der Waals surface area (Å²) in [4.78, 5) is 35.3. The second-order valence-corrected chi connectivity index (χ2v) is 4.93. The van der Waals surface area contributed by atoms with Crippen LogP contribution in [0.3, 0.4) is 0 Å². The van der Waals surface area contributed by atoms with Gasteiger partial charge < -0.3 is 5.11 Å². The van der Waals surface area contributed by atoms with E-state index in [-0.39, 0.29) is 4.91 Å². The number of nitrogens with zero attached hydrogens (tertiary/aromatic N) is 1. The first-order valence-corrected chi connectivity index (χ1v) is 6.34. The van der Waals surface area contributed by atoms with Crippen molar-refractivity contribution in [2.24, 2.45) is 0 Å². The first-order valence-electron chi connectivity index (χ1n) is 5.52. The molecule has 0 unspecified atom stereocenters. The standard InChI is InChI=1S/C13H11NO4S/c1-8(9-5-3-2-4-6-9)11-12(17)14(7-10(15)16)13(18)19-11/h2-6H,7H2,1H3,(H,15,16)/b11-8+.